The summed E-state index contributed by atoms with van der Waals surface area (Å²) in [6, 6.07) is 0.715. The fraction of sp³-hybridized carbons (Fsp3) is 0.700. The summed E-state index contributed by atoms with van der Waals surface area (Å²) in [5.74, 6) is 2.12. The molecule has 0 radical (unpaired) electrons. The van der Waals surface area contributed by atoms with Gasteiger partial charge in [-0.3, -0.25) is 4.90 Å². The van der Waals surface area contributed by atoms with E-state index in [-0.39, 0.29) is 0 Å². The standard InChI is InChI=1S/C20H28N4OS/c1-14-21-19(18-16-4-2-3-5-17(16)26-20(18)22-14)24-10-8-23(9-11-24)15-6-12-25-13-7-15/h15H,2-13H2,1H3. The van der Waals surface area contributed by atoms with E-state index in [0.29, 0.717) is 6.04 Å². The lowest BCUT2D eigenvalue weighted by Crippen LogP contribution is -2.52. The molecule has 2 fully saturated rings. The van der Waals surface area contributed by atoms with E-state index in [1.54, 1.807) is 10.4 Å². The van der Waals surface area contributed by atoms with Crippen LogP contribution in [0.1, 0.15) is 41.9 Å². The Morgan fingerprint density at radius 3 is 2.58 bits per heavy atom. The predicted molar refractivity (Wildman–Crippen MR) is 106 cm³/mol. The molecule has 0 amide bonds. The summed E-state index contributed by atoms with van der Waals surface area (Å²) in [4.78, 5) is 17.7. The van der Waals surface area contributed by atoms with E-state index in [1.165, 1.54) is 54.6 Å². The van der Waals surface area contributed by atoms with Gasteiger partial charge in [-0.2, -0.15) is 0 Å². The van der Waals surface area contributed by atoms with Crippen LogP contribution in [-0.2, 0) is 17.6 Å². The Morgan fingerprint density at radius 1 is 1.00 bits per heavy atom. The van der Waals surface area contributed by atoms with Gasteiger partial charge in [0.1, 0.15) is 16.5 Å². The molecule has 0 bridgehead atoms. The van der Waals surface area contributed by atoms with Gasteiger partial charge in [0.25, 0.3) is 0 Å². The van der Waals surface area contributed by atoms with Crippen LogP contribution in [0.4, 0.5) is 5.82 Å². The molecule has 2 aliphatic heterocycles. The molecule has 5 nitrogen and oxygen atoms in total. The summed E-state index contributed by atoms with van der Waals surface area (Å²) in [6.07, 6.45) is 7.45. The number of piperazine rings is 1. The van der Waals surface area contributed by atoms with Gasteiger partial charge in [-0.05, 0) is 51.0 Å². The molecule has 0 spiro atoms. The highest BCUT2D eigenvalue weighted by atomic mass is 32.1. The first-order valence-electron chi connectivity index (χ1n) is 10.2. The zero-order chi connectivity index (χ0) is 17.5. The van der Waals surface area contributed by atoms with Crippen LogP contribution in [0.25, 0.3) is 10.2 Å². The maximum Gasteiger partial charge on any atom is 0.141 e. The average molecular weight is 373 g/mol. The van der Waals surface area contributed by atoms with E-state index in [4.69, 9.17) is 14.7 Å². The first kappa shape index (κ1) is 16.9. The summed E-state index contributed by atoms with van der Waals surface area (Å²) in [6.45, 7) is 8.33. The predicted octanol–water partition coefficient (Wildman–Crippen LogP) is 3.18. The van der Waals surface area contributed by atoms with Gasteiger partial charge in [0, 0.05) is 50.3 Å². The normalized spacial score (nSPS) is 22.7. The summed E-state index contributed by atoms with van der Waals surface area (Å²) in [7, 11) is 0. The Morgan fingerprint density at radius 2 is 1.77 bits per heavy atom. The fourth-order valence-electron chi connectivity index (χ4n) is 4.82. The number of fused-ring (bicyclic) bond motifs is 3. The average Bonchev–Trinajstić information content (AvgIpc) is 3.06. The number of aryl methyl sites for hydroxylation is 3. The molecule has 0 N–H and O–H groups in total. The van der Waals surface area contributed by atoms with E-state index in [2.05, 4.69) is 9.80 Å². The van der Waals surface area contributed by atoms with E-state index in [0.717, 1.165) is 45.2 Å². The minimum atomic E-state index is 0.715. The number of nitrogens with zero attached hydrogens (tertiary/aromatic N) is 4. The van der Waals surface area contributed by atoms with Crippen LogP contribution in [-0.4, -0.2) is 60.3 Å². The minimum absolute atomic E-state index is 0.715. The molecule has 0 unspecified atom stereocenters. The van der Waals surface area contributed by atoms with Gasteiger partial charge in [0.15, 0.2) is 0 Å². The van der Waals surface area contributed by atoms with Crippen molar-refractivity contribution >= 4 is 27.4 Å². The Kier molecular flexibility index (Phi) is 4.59. The Labute approximate surface area is 159 Å². The summed E-state index contributed by atoms with van der Waals surface area (Å²) < 4.78 is 5.53. The van der Waals surface area contributed by atoms with Crippen molar-refractivity contribution in [3.05, 3.63) is 16.3 Å². The highest BCUT2D eigenvalue weighted by Gasteiger charge is 2.28. The van der Waals surface area contributed by atoms with E-state index < -0.39 is 0 Å². The number of aromatic nitrogens is 2. The van der Waals surface area contributed by atoms with E-state index >= 15 is 0 Å². The zero-order valence-electron chi connectivity index (χ0n) is 15.7. The van der Waals surface area contributed by atoms with Crippen molar-refractivity contribution in [3.63, 3.8) is 0 Å². The maximum absolute atomic E-state index is 5.53. The highest BCUT2D eigenvalue weighted by molar-refractivity contribution is 7.19. The van der Waals surface area contributed by atoms with Crippen LogP contribution in [0.5, 0.6) is 0 Å². The van der Waals surface area contributed by atoms with Crippen LogP contribution in [0.2, 0.25) is 0 Å². The first-order valence-corrected chi connectivity index (χ1v) is 11.0. The molecule has 5 rings (SSSR count). The number of ether oxygens (including phenoxy) is 1. The molecular formula is C20H28N4OS. The minimum Gasteiger partial charge on any atom is -0.381 e. The smallest absolute Gasteiger partial charge is 0.141 e. The number of thiophene rings is 1. The van der Waals surface area contributed by atoms with Gasteiger partial charge in [0.2, 0.25) is 0 Å². The topological polar surface area (TPSA) is 41.5 Å². The van der Waals surface area contributed by atoms with Gasteiger partial charge in [-0.25, -0.2) is 9.97 Å². The van der Waals surface area contributed by atoms with Crippen molar-refractivity contribution in [1.82, 2.24) is 14.9 Å². The second-order valence-corrected chi connectivity index (χ2v) is 8.94. The van der Waals surface area contributed by atoms with Gasteiger partial charge in [-0.1, -0.05) is 0 Å². The van der Waals surface area contributed by atoms with E-state index in [1.807, 2.05) is 18.3 Å². The van der Waals surface area contributed by atoms with Crippen LogP contribution in [0.15, 0.2) is 0 Å². The largest absolute Gasteiger partial charge is 0.381 e. The molecule has 2 aromatic rings. The quantitative estimate of drug-likeness (QED) is 0.810. The Hall–Kier alpha value is -1.24. The third-order valence-electron chi connectivity index (χ3n) is 6.23. The number of rotatable bonds is 2. The van der Waals surface area contributed by atoms with Gasteiger partial charge in [-0.15, -0.1) is 11.3 Å². The van der Waals surface area contributed by atoms with Crippen molar-refractivity contribution in [1.29, 1.82) is 0 Å². The third-order valence-corrected chi connectivity index (χ3v) is 7.41. The van der Waals surface area contributed by atoms with Crippen molar-refractivity contribution < 1.29 is 4.74 Å². The first-order chi connectivity index (χ1) is 12.8. The summed E-state index contributed by atoms with van der Waals surface area (Å²) in [5.41, 5.74) is 1.55. The molecule has 0 aromatic carbocycles. The highest BCUT2D eigenvalue weighted by Crippen LogP contribution is 2.40. The lowest BCUT2D eigenvalue weighted by Gasteiger charge is -2.41. The molecule has 3 aliphatic rings. The van der Waals surface area contributed by atoms with Gasteiger partial charge >= 0.3 is 0 Å². The number of hydrogen-bond donors (Lipinski definition) is 0. The maximum atomic E-state index is 5.53. The molecule has 26 heavy (non-hydrogen) atoms. The van der Waals surface area contributed by atoms with Crippen LogP contribution >= 0.6 is 11.3 Å². The van der Waals surface area contributed by atoms with Gasteiger partial charge in [0.05, 0.1) is 5.39 Å². The van der Waals surface area contributed by atoms with Crippen LogP contribution < -0.4 is 4.90 Å². The second kappa shape index (κ2) is 7.06. The molecule has 1 aliphatic carbocycles. The molecular weight excluding hydrogens is 344 g/mol. The summed E-state index contributed by atoms with van der Waals surface area (Å²) >= 11 is 1.91. The van der Waals surface area contributed by atoms with Crippen molar-refractivity contribution in [2.45, 2.75) is 51.5 Å². The SMILES string of the molecule is Cc1nc(N2CCN(C3CCOCC3)CC2)c2c3c(sc2n1)CCCC3. The fourth-order valence-corrected chi connectivity index (χ4v) is 6.12. The Bertz CT molecular complexity index is 791. The van der Waals surface area contributed by atoms with Crippen molar-refractivity contribution in [2.24, 2.45) is 0 Å². The van der Waals surface area contributed by atoms with Gasteiger partial charge < -0.3 is 9.64 Å². The lowest BCUT2D eigenvalue weighted by atomic mass is 9.97. The van der Waals surface area contributed by atoms with Crippen molar-refractivity contribution in [2.75, 3.05) is 44.3 Å². The molecule has 6 heteroatoms. The third kappa shape index (κ3) is 3.02. The summed E-state index contributed by atoms with van der Waals surface area (Å²) in [5, 5.41) is 1.37. The van der Waals surface area contributed by atoms with Crippen LogP contribution in [0.3, 0.4) is 0 Å². The molecule has 0 saturated carbocycles. The molecule has 140 valence electrons. The van der Waals surface area contributed by atoms with Crippen LogP contribution in [0, 0.1) is 6.92 Å². The van der Waals surface area contributed by atoms with Crippen molar-refractivity contribution in [3.8, 4) is 0 Å². The second-order valence-electron chi connectivity index (χ2n) is 7.85. The molecule has 2 aromatic heterocycles. The molecule has 2 saturated heterocycles. The Balaban J connectivity index is 1.41. The van der Waals surface area contributed by atoms with E-state index in [9.17, 15) is 0 Å². The monoisotopic (exact) mass is 372 g/mol. The molecule has 4 heterocycles. The lowest BCUT2D eigenvalue weighted by molar-refractivity contribution is 0.0321. The molecule has 0 atom stereocenters. The zero-order valence-corrected chi connectivity index (χ0v) is 16.5. The number of anilines is 1. The number of hydrogen-bond acceptors (Lipinski definition) is 6.